The van der Waals surface area contributed by atoms with Gasteiger partial charge in [0.05, 0.1) is 30.0 Å². The summed E-state index contributed by atoms with van der Waals surface area (Å²) in [7, 11) is 1.29. The van der Waals surface area contributed by atoms with Gasteiger partial charge < -0.3 is 21.1 Å². The molecule has 1 amide bonds. The Morgan fingerprint density at radius 2 is 2.20 bits per heavy atom. The average Bonchev–Trinajstić information content (AvgIpc) is 2.82. The number of primary amides is 1. The van der Waals surface area contributed by atoms with Gasteiger partial charge in [0, 0.05) is 13.1 Å². The van der Waals surface area contributed by atoms with Crippen molar-refractivity contribution >= 4 is 23.4 Å². The molecule has 1 saturated heterocycles. The molecule has 0 aliphatic carbocycles. The monoisotopic (exact) mass is 278 g/mol. The lowest BCUT2D eigenvalue weighted by atomic mass is 9.89. The minimum absolute atomic E-state index is 0.262. The molecule has 0 aromatic carbocycles. The number of hydrogen-bond donors (Lipinski definition) is 2. The third-order valence-corrected chi connectivity index (χ3v) is 3.72. The molecule has 0 spiro atoms. The van der Waals surface area contributed by atoms with Gasteiger partial charge in [0.15, 0.2) is 0 Å². The molecule has 2 rings (SSSR count). The Labute approximate surface area is 116 Å². The first-order valence-electron chi connectivity index (χ1n) is 6.26. The third-order valence-electron chi connectivity index (χ3n) is 3.72. The van der Waals surface area contributed by atoms with Gasteiger partial charge in [-0.3, -0.25) is 4.79 Å². The van der Waals surface area contributed by atoms with E-state index in [-0.39, 0.29) is 17.2 Å². The van der Waals surface area contributed by atoms with E-state index in [1.807, 2.05) is 11.8 Å². The van der Waals surface area contributed by atoms with Crippen LogP contribution in [0.2, 0.25) is 0 Å². The Morgan fingerprint density at radius 3 is 2.75 bits per heavy atom. The van der Waals surface area contributed by atoms with E-state index < -0.39 is 11.4 Å². The van der Waals surface area contributed by atoms with E-state index in [0.29, 0.717) is 25.3 Å². The molecule has 0 radical (unpaired) electrons. The van der Waals surface area contributed by atoms with E-state index in [4.69, 9.17) is 11.5 Å². The van der Waals surface area contributed by atoms with Crippen LogP contribution in [0, 0.1) is 5.41 Å². The minimum Gasteiger partial charge on any atom is -0.465 e. The number of pyridine rings is 1. The first-order valence-corrected chi connectivity index (χ1v) is 6.26. The zero-order valence-electron chi connectivity index (χ0n) is 11.5. The number of nitrogens with two attached hydrogens (primary N) is 2. The molecule has 1 aromatic rings. The van der Waals surface area contributed by atoms with Crippen LogP contribution in [0.15, 0.2) is 12.3 Å². The number of esters is 1. The molecule has 1 unspecified atom stereocenters. The lowest BCUT2D eigenvalue weighted by molar-refractivity contribution is -0.125. The predicted octanol–water partition coefficient (Wildman–Crippen LogP) is 0.152. The molecule has 7 heteroatoms. The Balaban J connectivity index is 2.27. The summed E-state index contributed by atoms with van der Waals surface area (Å²) < 4.78 is 4.67. The van der Waals surface area contributed by atoms with Crippen LogP contribution in [-0.4, -0.2) is 37.1 Å². The summed E-state index contributed by atoms with van der Waals surface area (Å²) in [6.45, 7) is 2.95. The zero-order valence-corrected chi connectivity index (χ0v) is 11.5. The van der Waals surface area contributed by atoms with Gasteiger partial charge in [0.2, 0.25) is 5.91 Å². The summed E-state index contributed by atoms with van der Waals surface area (Å²) in [6, 6.07) is 1.58. The lowest BCUT2D eigenvalue weighted by Crippen LogP contribution is -2.37. The van der Waals surface area contributed by atoms with Crippen molar-refractivity contribution in [3.8, 4) is 0 Å². The summed E-state index contributed by atoms with van der Waals surface area (Å²) in [5.74, 6) is -0.253. The van der Waals surface area contributed by atoms with Crippen molar-refractivity contribution in [2.24, 2.45) is 11.1 Å². The number of methoxy groups -OCH3 is 1. The van der Waals surface area contributed by atoms with Crippen molar-refractivity contribution in [3.63, 3.8) is 0 Å². The smallest absolute Gasteiger partial charge is 0.340 e. The number of rotatable bonds is 3. The van der Waals surface area contributed by atoms with Crippen molar-refractivity contribution in [1.29, 1.82) is 0 Å². The molecule has 2 heterocycles. The van der Waals surface area contributed by atoms with Crippen LogP contribution in [0.5, 0.6) is 0 Å². The molecular weight excluding hydrogens is 260 g/mol. The van der Waals surface area contributed by atoms with Crippen molar-refractivity contribution in [2.75, 3.05) is 30.8 Å². The van der Waals surface area contributed by atoms with Crippen LogP contribution >= 0.6 is 0 Å². The maximum absolute atomic E-state index is 11.6. The maximum atomic E-state index is 11.6. The normalized spacial score (nSPS) is 21.8. The SMILES string of the molecule is COC(=O)c1cc(N2CCC(C)(C(N)=O)C2)ncc1N. The van der Waals surface area contributed by atoms with Crippen molar-refractivity contribution in [1.82, 2.24) is 4.98 Å². The van der Waals surface area contributed by atoms with Crippen LogP contribution in [0.25, 0.3) is 0 Å². The molecule has 0 saturated carbocycles. The highest BCUT2D eigenvalue weighted by Crippen LogP contribution is 2.32. The molecule has 108 valence electrons. The summed E-state index contributed by atoms with van der Waals surface area (Å²) >= 11 is 0. The summed E-state index contributed by atoms with van der Waals surface area (Å²) in [5.41, 5.74) is 11.1. The molecule has 1 fully saturated rings. The molecule has 1 atom stereocenters. The van der Waals surface area contributed by atoms with Gasteiger partial charge in [0.1, 0.15) is 5.82 Å². The second kappa shape index (κ2) is 4.99. The van der Waals surface area contributed by atoms with Crippen LogP contribution in [-0.2, 0) is 9.53 Å². The van der Waals surface area contributed by atoms with Gasteiger partial charge in [-0.05, 0) is 19.4 Å². The van der Waals surface area contributed by atoms with Crippen LogP contribution in [0.4, 0.5) is 11.5 Å². The van der Waals surface area contributed by atoms with Crippen LogP contribution in [0.3, 0.4) is 0 Å². The van der Waals surface area contributed by atoms with E-state index >= 15 is 0 Å². The van der Waals surface area contributed by atoms with E-state index in [0.717, 1.165) is 0 Å². The number of carbonyl (C=O) groups is 2. The first kappa shape index (κ1) is 14.1. The van der Waals surface area contributed by atoms with Crippen LogP contribution < -0.4 is 16.4 Å². The van der Waals surface area contributed by atoms with Gasteiger partial charge in [-0.15, -0.1) is 0 Å². The predicted molar refractivity (Wildman–Crippen MR) is 74.1 cm³/mol. The van der Waals surface area contributed by atoms with Gasteiger partial charge in [-0.1, -0.05) is 0 Å². The average molecular weight is 278 g/mol. The Kier molecular flexibility index (Phi) is 3.52. The molecule has 4 N–H and O–H groups in total. The van der Waals surface area contributed by atoms with Gasteiger partial charge in [0.25, 0.3) is 0 Å². The lowest BCUT2D eigenvalue weighted by Gasteiger charge is -2.22. The first-order chi connectivity index (χ1) is 9.37. The highest BCUT2D eigenvalue weighted by Gasteiger charge is 2.39. The van der Waals surface area contributed by atoms with Crippen molar-refractivity contribution in [3.05, 3.63) is 17.8 Å². The van der Waals surface area contributed by atoms with Gasteiger partial charge >= 0.3 is 5.97 Å². The molecule has 0 bridgehead atoms. The summed E-state index contributed by atoms with van der Waals surface area (Å²) in [4.78, 5) is 29.2. The molecule has 1 aliphatic heterocycles. The van der Waals surface area contributed by atoms with E-state index in [2.05, 4.69) is 9.72 Å². The fraction of sp³-hybridized carbons (Fsp3) is 0.462. The fourth-order valence-electron chi connectivity index (χ4n) is 2.27. The second-order valence-corrected chi connectivity index (χ2v) is 5.22. The van der Waals surface area contributed by atoms with Gasteiger partial charge in [-0.25, -0.2) is 9.78 Å². The largest absolute Gasteiger partial charge is 0.465 e. The number of nitrogen functional groups attached to an aromatic ring is 1. The number of amides is 1. The maximum Gasteiger partial charge on any atom is 0.340 e. The quantitative estimate of drug-likeness (QED) is 0.761. The molecular formula is C13H18N4O3. The third kappa shape index (κ3) is 2.38. The Hall–Kier alpha value is -2.31. The fourth-order valence-corrected chi connectivity index (χ4v) is 2.27. The standard InChI is InChI=1S/C13H18N4O3/c1-13(12(15)19)3-4-17(7-13)10-5-8(11(18)20-2)9(14)6-16-10/h5-6H,3-4,7,14H2,1-2H3,(H2,15,19). The Morgan fingerprint density at radius 1 is 1.50 bits per heavy atom. The number of carbonyl (C=O) groups excluding carboxylic acids is 2. The van der Waals surface area contributed by atoms with E-state index in [1.54, 1.807) is 6.07 Å². The highest BCUT2D eigenvalue weighted by atomic mass is 16.5. The van der Waals surface area contributed by atoms with Crippen LogP contribution in [0.1, 0.15) is 23.7 Å². The number of anilines is 2. The number of ether oxygens (including phenoxy) is 1. The van der Waals surface area contributed by atoms with Crippen molar-refractivity contribution in [2.45, 2.75) is 13.3 Å². The number of aromatic nitrogens is 1. The minimum atomic E-state index is -0.575. The molecule has 7 nitrogen and oxygen atoms in total. The number of nitrogens with zero attached hydrogens (tertiary/aromatic N) is 2. The molecule has 1 aliphatic rings. The zero-order chi connectivity index (χ0) is 14.9. The van der Waals surface area contributed by atoms with Gasteiger partial charge in [-0.2, -0.15) is 0 Å². The Bertz CT molecular complexity index is 561. The molecule has 1 aromatic heterocycles. The van der Waals surface area contributed by atoms with E-state index in [9.17, 15) is 9.59 Å². The van der Waals surface area contributed by atoms with E-state index in [1.165, 1.54) is 13.3 Å². The second-order valence-electron chi connectivity index (χ2n) is 5.22. The summed E-state index contributed by atoms with van der Waals surface area (Å²) in [5, 5.41) is 0. The van der Waals surface area contributed by atoms with Crippen molar-refractivity contribution < 1.29 is 14.3 Å². The summed E-state index contributed by atoms with van der Waals surface area (Å²) in [6.07, 6.45) is 2.07. The highest BCUT2D eigenvalue weighted by molar-refractivity contribution is 5.95. The topological polar surface area (TPSA) is 112 Å². The molecule has 20 heavy (non-hydrogen) atoms. The number of hydrogen-bond acceptors (Lipinski definition) is 6.